The molecule has 0 saturated carbocycles. The maximum atomic E-state index is 12.9. The zero-order chi connectivity index (χ0) is 22.6. The van der Waals surface area contributed by atoms with Crippen molar-refractivity contribution in [2.75, 3.05) is 13.1 Å². The minimum Gasteiger partial charge on any atom is -0.491 e. The first-order chi connectivity index (χ1) is 14.7. The van der Waals surface area contributed by atoms with Crippen LogP contribution in [0, 0.1) is 12.8 Å². The van der Waals surface area contributed by atoms with Gasteiger partial charge >= 0.3 is 0 Å². The van der Waals surface area contributed by atoms with Crippen molar-refractivity contribution in [1.82, 2.24) is 9.62 Å². The van der Waals surface area contributed by atoms with E-state index in [1.165, 1.54) is 4.31 Å². The second-order valence-electron chi connectivity index (χ2n) is 8.46. The van der Waals surface area contributed by atoms with Crippen molar-refractivity contribution < 1.29 is 17.9 Å². The normalized spacial score (nSPS) is 16.8. The third-order valence-corrected chi connectivity index (χ3v) is 7.48. The van der Waals surface area contributed by atoms with E-state index in [1.807, 2.05) is 52.0 Å². The zero-order valence-electron chi connectivity index (χ0n) is 18.7. The third-order valence-electron chi connectivity index (χ3n) is 5.57. The largest absolute Gasteiger partial charge is 0.491 e. The lowest BCUT2D eigenvalue weighted by atomic mass is 9.96. The number of piperidine rings is 1. The lowest BCUT2D eigenvalue weighted by Crippen LogP contribution is -2.43. The highest BCUT2D eigenvalue weighted by Crippen LogP contribution is 2.26. The molecule has 7 heteroatoms. The Balaban J connectivity index is 1.57. The van der Waals surface area contributed by atoms with Gasteiger partial charge in [0.25, 0.3) is 0 Å². The average Bonchev–Trinajstić information content (AvgIpc) is 2.74. The molecular weight excluding hydrogens is 412 g/mol. The first kappa shape index (κ1) is 23.3. The fraction of sp³-hybridized carbons (Fsp3) is 0.458. The number of carbonyl (C=O) groups is 1. The van der Waals surface area contributed by atoms with Gasteiger partial charge in [-0.05, 0) is 70.4 Å². The van der Waals surface area contributed by atoms with E-state index in [2.05, 4.69) is 5.32 Å². The number of aryl methyl sites for hydroxylation is 1. The Labute approximate surface area is 185 Å². The number of amides is 1. The Morgan fingerprint density at radius 2 is 1.71 bits per heavy atom. The topological polar surface area (TPSA) is 75.7 Å². The van der Waals surface area contributed by atoms with Crippen LogP contribution in [0.5, 0.6) is 5.75 Å². The molecule has 1 atom stereocenters. The summed E-state index contributed by atoms with van der Waals surface area (Å²) in [4.78, 5) is 13.1. The predicted octanol–water partition coefficient (Wildman–Crippen LogP) is 4.06. The van der Waals surface area contributed by atoms with Crippen LogP contribution in [0.4, 0.5) is 0 Å². The number of sulfonamides is 1. The summed E-state index contributed by atoms with van der Waals surface area (Å²) in [6.07, 6.45) is 1.11. The number of benzene rings is 2. The van der Waals surface area contributed by atoms with Gasteiger partial charge in [-0.3, -0.25) is 4.79 Å². The van der Waals surface area contributed by atoms with Gasteiger partial charge < -0.3 is 10.1 Å². The summed E-state index contributed by atoms with van der Waals surface area (Å²) in [6, 6.07) is 14.5. The molecule has 168 valence electrons. The number of nitrogens with zero attached hydrogens (tertiary/aromatic N) is 1. The van der Waals surface area contributed by atoms with Crippen molar-refractivity contribution in [3.63, 3.8) is 0 Å². The summed E-state index contributed by atoms with van der Waals surface area (Å²) >= 11 is 0. The molecule has 1 heterocycles. The fourth-order valence-electron chi connectivity index (χ4n) is 3.76. The van der Waals surface area contributed by atoms with Crippen LogP contribution >= 0.6 is 0 Å². The van der Waals surface area contributed by atoms with Crippen LogP contribution in [0.15, 0.2) is 53.4 Å². The molecule has 2 aromatic carbocycles. The van der Waals surface area contributed by atoms with Gasteiger partial charge in [0.15, 0.2) is 0 Å². The van der Waals surface area contributed by atoms with Crippen LogP contribution < -0.4 is 10.1 Å². The van der Waals surface area contributed by atoms with Gasteiger partial charge in [-0.15, -0.1) is 0 Å². The standard InChI is InChI=1S/C24H32N2O4S/c1-17(2)30-22-7-5-6-21(16-22)19(4)25-24(27)20-12-14-26(15-13-20)31(28,29)23-10-8-18(3)9-11-23/h5-11,16-17,19-20H,12-15H2,1-4H3,(H,25,27). The number of nitrogens with one attached hydrogen (secondary N) is 1. The minimum atomic E-state index is -3.52. The SMILES string of the molecule is Cc1ccc(S(=O)(=O)N2CCC(C(=O)NC(C)c3cccc(OC(C)C)c3)CC2)cc1. The quantitative estimate of drug-likeness (QED) is 0.699. The summed E-state index contributed by atoms with van der Waals surface area (Å²) in [5.41, 5.74) is 2.00. The van der Waals surface area contributed by atoms with Crippen molar-refractivity contribution >= 4 is 15.9 Å². The van der Waals surface area contributed by atoms with Crippen LogP contribution in [0.1, 0.15) is 50.8 Å². The van der Waals surface area contributed by atoms with Crippen molar-refractivity contribution in [3.8, 4) is 5.75 Å². The monoisotopic (exact) mass is 444 g/mol. The molecule has 0 spiro atoms. The van der Waals surface area contributed by atoms with Gasteiger partial charge in [0, 0.05) is 19.0 Å². The molecule has 31 heavy (non-hydrogen) atoms. The molecule has 0 bridgehead atoms. The maximum absolute atomic E-state index is 12.9. The van der Waals surface area contributed by atoms with Gasteiger partial charge in [0.05, 0.1) is 17.0 Å². The lowest BCUT2D eigenvalue weighted by Gasteiger charge is -2.31. The molecule has 1 N–H and O–H groups in total. The summed E-state index contributed by atoms with van der Waals surface area (Å²) in [7, 11) is -3.52. The van der Waals surface area contributed by atoms with Crippen molar-refractivity contribution in [3.05, 3.63) is 59.7 Å². The maximum Gasteiger partial charge on any atom is 0.243 e. The van der Waals surface area contributed by atoms with Crippen LogP contribution in [0.3, 0.4) is 0 Å². The van der Waals surface area contributed by atoms with E-state index in [4.69, 9.17) is 4.74 Å². The van der Waals surface area contributed by atoms with Crippen molar-refractivity contribution in [2.24, 2.45) is 5.92 Å². The number of ether oxygens (including phenoxy) is 1. The molecule has 1 saturated heterocycles. The average molecular weight is 445 g/mol. The highest BCUT2D eigenvalue weighted by atomic mass is 32.2. The Morgan fingerprint density at radius 1 is 1.06 bits per heavy atom. The lowest BCUT2D eigenvalue weighted by molar-refractivity contribution is -0.126. The summed E-state index contributed by atoms with van der Waals surface area (Å²) < 4.78 is 32.9. The van der Waals surface area contributed by atoms with E-state index >= 15 is 0 Å². The molecule has 1 fully saturated rings. The van der Waals surface area contributed by atoms with Crippen LogP contribution in [-0.2, 0) is 14.8 Å². The number of hydrogen-bond acceptors (Lipinski definition) is 4. The highest BCUT2D eigenvalue weighted by molar-refractivity contribution is 7.89. The first-order valence-corrected chi connectivity index (χ1v) is 12.2. The summed E-state index contributed by atoms with van der Waals surface area (Å²) in [5, 5.41) is 3.08. The third kappa shape index (κ3) is 5.86. The number of rotatable bonds is 7. The van der Waals surface area contributed by atoms with E-state index < -0.39 is 10.0 Å². The molecular formula is C24H32N2O4S. The second-order valence-corrected chi connectivity index (χ2v) is 10.4. The Hall–Kier alpha value is -2.38. The van der Waals surface area contributed by atoms with E-state index in [1.54, 1.807) is 24.3 Å². The molecule has 1 aliphatic rings. The highest BCUT2D eigenvalue weighted by Gasteiger charge is 2.32. The Bertz CT molecular complexity index is 994. The number of hydrogen-bond donors (Lipinski definition) is 1. The molecule has 1 aliphatic heterocycles. The molecule has 2 aromatic rings. The van der Waals surface area contributed by atoms with Crippen LogP contribution in [0.25, 0.3) is 0 Å². The van der Waals surface area contributed by atoms with Gasteiger partial charge in [-0.2, -0.15) is 4.31 Å². The van der Waals surface area contributed by atoms with Gasteiger partial charge in [-0.25, -0.2) is 8.42 Å². The smallest absolute Gasteiger partial charge is 0.243 e. The minimum absolute atomic E-state index is 0.0323. The predicted molar refractivity (Wildman–Crippen MR) is 121 cm³/mol. The van der Waals surface area contributed by atoms with E-state index in [9.17, 15) is 13.2 Å². The molecule has 1 unspecified atom stereocenters. The fourth-order valence-corrected chi connectivity index (χ4v) is 5.23. The van der Waals surface area contributed by atoms with Gasteiger partial charge in [0.2, 0.25) is 15.9 Å². The molecule has 0 aliphatic carbocycles. The van der Waals surface area contributed by atoms with E-state index in [-0.39, 0.29) is 24.0 Å². The van der Waals surface area contributed by atoms with E-state index in [0.717, 1.165) is 16.9 Å². The first-order valence-electron chi connectivity index (χ1n) is 10.8. The number of carbonyl (C=O) groups excluding carboxylic acids is 1. The summed E-state index contributed by atoms with van der Waals surface area (Å²) in [5.74, 6) is 0.556. The van der Waals surface area contributed by atoms with Gasteiger partial charge in [-0.1, -0.05) is 29.8 Å². The van der Waals surface area contributed by atoms with Crippen molar-refractivity contribution in [1.29, 1.82) is 0 Å². The molecule has 0 radical (unpaired) electrons. The van der Waals surface area contributed by atoms with Crippen LogP contribution in [-0.4, -0.2) is 37.8 Å². The second kappa shape index (κ2) is 9.83. The van der Waals surface area contributed by atoms with Gasteiger partial charge in [0.1, 0.15) is 5.75 Å². The Morgan fingerprint density at radius 3 is 2.32 bits per heavy atom. The molecule has 0 aromatic heterocycles. The zero-order valence-corrected chi connectivity index (χ0v) is 19.5. The molecule has 3 rings (SSSR count). The summed E-state index contributed by atoms with van der Waals surface area (Å²) in [6.45, 7) is 8.52. The molecule has 6 nitrogen and oxygen atoms in total. The van der Waals surface area contributed by atoms with E-state index in [0.29, 0.717) is 30.8 Å². The van der Waals surface area contributed by atoms with Crippen LogP contribution in [0.2, 0.25) is 0 Å². The van der Waals surface area contributed by atoms with Crippen molar-refractivity contribution in [2.45, 2.75) is 57.6 Å². The Kier molecular flexibility index (Phi) is 7.38. The molecule has 1 amide bonds.